The van der Waals surface area contributed by atoms with Crippen molar-refractivity contribution in [2.24, 2.45) is 0 Å². The lowest BCUT2D eigenvalue weighted by molar-refractivity contribution is -0.113. The summed E-state index contributed by atoms with van der Waals surface area (Å²) in [6.07, 6.45) is 1.62. The van der Waals surface area contributed by atoms with Gasteiger partial charge in [-0.15, -0.1) is 0 Å². The third-order valence-corrected chi connectivity index (χ3v) is 7.32. The van der Waals surface area contributed by atoms with E-state index in [4.69, 9.17) is 44.3 Å². The van der Waals surface area contributed by atoms with E-state index in [0.29, 0.717) is 42.3 Å². The van der Waals surface area contributed by atoms with Crippen molar-refractivity contribution in [1.29, 1.82) is 0 Å². The molecule has 3 aromatic rings. The summed E-state index contributed by atoms with van der Waals surface area (Å²) in [5, 5.41) is 0.804. The number of hydrogen-bond donors (Lipinski definition) is 0. The first-order valence-corrected chi connectivity index (χ1v) is 12.5. The summed E-state index contributed by atoms with van der Waals surface area (Å²) < 4.78 is 12.1. The lowest BCUT2D eigenvalue weighted by Crippen LogP contribution is -2.27. The molecule has 1 fully saturated rings. The number of anilines is 1. The number of ether oxygens (including phenoxy) is 2. The molecule has 0 aromatic heterocycles. The van der Waals surface area contributed by atoms with Crippen LogP contribution in [0.5, 0.6) is 11.5 Å². The van der Waals surface area contributed by atoms with Crippen molar-refractivity contribution >= 4 is 85.4 Å². The standard InChI is InChI=1S/C24H15BrCl3NO4S/c1-32-20-10-14(8-15(25)22(20)33-12-13-6-7-16(26)18(28)9-13)11-21-23(30)29(24(31)34-21)19-5-3-2-4-17(19)27/h2-11H,12H2,1H3/b21-11-. The quantitative estimate of drug-likeness (QED) is 0.267. The second-order valence-electron chi connectivity index (χ2n) is 7.04. The predicted octanol–water partition coefficient (Wildman–Crippen LogP) is 8.24. The molecule has 34 heavy (non-hydrogen) atoms. The lowest BCUT2D eigenvalue weighted by atomic mass is 10.1. The van der Waals surface area contributed by atoms with Crippen LogP contribution in [0.4, 0.5) is 10.5 Å². The van der Waals surface area contributed by atoms with E-state index in [9.17, 15) is 9.59 Å². The van der Waals surface area contributed by atoms with Crippen LogP contribution < -0.4 is 14.4 Å². The van der Waals surface area contributed by atoms with Crippen molar-refractivity contribution in [3.05, 3.63) is 90.2 Å². The largest absolute Gasteiger partial charge is 0.493 e. The Morgan fingerprint density at radius 3 is 2.47 bits per heavy atom. The Kier molecular flexibility index (Phi) is 7.80. The molecule has 0 bridgehead atoms. The fraction of sp³-hybridized carbons (Fsp3) is 0.0833. The number of rotatable bonds is 6. The Morgan fingerprint density at radius 1 is 1.00 bits per heavy atom. The Hall–Kier alpha value is -2.16. The molecule has 4 rings (SSSR count). The number of thioether (sulfide) groups is 1. The molecule has 3 aromatic carbocycles. The minimum atomic E-state index is -0.446. The second-order valence-corrected chi connectivity index (χ2v) is 10.1. The van der Waals surface area contributed by atoms with E-state index in [1.54, 1.807) is 54.6 Å². The summed E-state index contributed by atoms with van der Waals surface area (Å²) >= 11 is 22.6. The van der Waals surface area contributed by atoms with Gasteiger partial charge in [0, 0.05) is 0 Å². The van der Waals surface area contributed by atoms with Crippen LogP contribution in [0.1, 0.15) is 11.1 Å². The predicted molar refractivity (Wildman–Crippen MR) is 141 cm³/mol. The van der Waals surface area contributed by atoms with Crippen molar-refractivity contribution in [3.63, 3.8) is 0 Å². The second kappa shape index (κ2) is 10.6. The first kappa shape index (κ1) is 24.9. The van der Waals surface area contributed by atoms with Crippen LogP contribution in [0.3, 0.4) is 0 Å². The molecule has 0 unspecified atom stereocenters. The van der Waals surface area contributed by atoms with Crippen LogP contribution in [-0.2, 0) is 11.4 Å². The number of halogens is 4. The summed E-state index contributed by atoms with van der Waals surface area (Å²) in [6.45, 7) is 0.238. The van der Waals surface area contributed by atoms with Crippen LogP contribution in [0.15, 0.2) is 64.0 Å². The molecule has 10 heteroatoms. The average molecular weight is 600 g/mol. The summed E-state index contributed by atoms with van der Waals surface area (Å²) in [6, 6.07) is 15.4. The van der Waals surface area contributed by atoms with Crippen molar-refractivity contribution in [2.75, 3.05) is 12.0 Å². The van der Waals surface area contributed by atoms with E-state index < -0.39 is 11.1 Å². The van der Waals surface area contributed by atoms with Crippen LogP contribution in [-0.4, -0.2) is 18.3 Å². The van der Waals surface area contributed by atoms with Gasteiger partial charge in [-0.25, -0.2) is 4.90 Å². The molecule has 0 aliphatic carbocycles. The highest BCUT2D eigenvalue weighted by atomic mass is 79.9. The highest BCUT2D eigenvalue weighted by Crippen LogP contribution is 2.41. The van der Waals surface area contributed by atoms with Gasteiger partial charge < -0.3 is 9.47 Å². The zero-order valence-corrected chi connectivity index (χ0v) is 22.2. The summed E-state index contributed by atoms with van der Waals surface area (Å²) in [7, 11) is 1.52. The topological polar surface area (TPSA) is 55.8 Å². The third-order valence-electron chi connectivity index (χ3n) is 4.80. The Bertz CT molecular complexity index is 1330. The minimum Gasteiger partial charge on any atom is -0.493 e. The van der Waals surface area contributed by atoms with Gasteiger partial charge in [0.1, 0.15) is 6.61 Å². The van der Waals surface area contributed by atoms with Crippen molar-refractivity contribution in [2.45, 2.75) is 6.61 Å². The van der Waals surface area contributed by atoms with Gasteiger partial charge >= 0.3 is 0 Å². The molecule has 0 radical (unpaired) electrons. The van der Waals surface area contributed by atoms with Crippen molar-refractivity contribution in [1.82, 2.24) is 0 Å². The normalized spacial score (nSPS) is 14.7. The first-order valence-electron chi connectivity index (χ1n) is 9.75. The van der Waals surface area contributed by atoms with E-state index in [-0.39, 0.29) is 11.5 Å². The number of benzene rings is 3. The monoisotopic (exact) mass is 597 g/mol. The Morgan fingerprint density at radius 2 is 1.76 bits per heavy atom. The van der Waals surface area contributed by atoms with Gasteiger partial charge in [-0.3, -0.25) is 9.59 Å². The molecule has 0 spiro atoms. The van der Waals surface area contributed by atoms with Gasteiger partial charge in [0.15, 0.2) is 11.5 Å². The molecule has 0 atom stereocenters. The van der Waals surface area contributed by atoms with E-state index in [1.807, 2.05) is 6.07 Å². The number of carbonyl (C=O) groups excluding carboxylic acids is 2. The summed E-state index contributed by atoms with van der Waals surface area (Å²) in [4.78, 5) is 26.8. The lowest BCUT2D eigenvalue weighted by Gasteiger charge is -2.14. The maximum Gasteiger partial charge on any atom is 0.298 e. The SMILES string of the molecule is COc1cc(/C=C2\SC(=O)N(c3ccccc3Cl)C2=O)cc(Br)c1OCc1ccc(Cl)c(Cl)c1. The average Bonchev–Trinajstić information content (AvgIpc) is 3.08. The summed E-state index contributed by atoms with van der Waals surface area (Å²) in [5.74, 6) is 0.485. The Labute approximate surface area is 223 Å². The van der Waals surface area contributed by atoms with Crippen molar-refractivity contribution < 1.29 is 19.1 Å². The van der Waals surface area contributed by atoms with Gasteiger partial charge in [-0.05, 0) is 81.3 Å². The smallest absolute Gasteiger partial charge is 0.298 e. The van der Waals surface area contributed by atoms with Crippen LogP contribution in [0.2, 0.25) is 15.1 Å². The molecule has 0 saturated carbocycles. The third kappa shape index (κ3) is 5.24. The zero-order chi connectivity index (χ0) is 24.4. The highest BCUT2D eigenvalue weighted by Gasteiger charge is 2.37. The Balaban J connectivity index is 1.59. The number of para-hydroxylation sites is 1. The van der Waals surface area contributed by atoms with E-state index in [2.05, 4.69) is 15.9 Å². The van der Waals surface area contributed by atoms with E-state index >= 15 is 0 Å². The number of nitrogens with zero attached hydrogens (tertiary/aromatic N) is 1. The fourth-order valence-electron chi connectivity index (χ4n) is 3.21. The minimum absolute atomic E-state index is 0.238. The zero-order valence-electron chi connectivity index (χ0n) is 17.5. The van der Waals surface area contributed by atoms with Crippen LogP contribution in [0.25, 0.3) is 6.08 Å². The molecular formula is C24H15BrCl3NO4S. The van der Waals surface area contributed by atoms with Crippen molar-refractivity contribution in [3.8, 4) is 11.5 Å². The maximum atomic E-state index is 13.0. The molecular weight excluding hydrogens is 585 g/mol. The number of hydrogen-bond acceptors (Lipinski definition) is 5. The van der Waals surface area contributed by atoms with E-state index in [1.165, 1.54) is 7.11 Å². The number of carbonyl (C=O) groups is 2. The molecule has 174 valence electrons. The van der Waals surface area contributed by atoms with Gasteiger partial charge in [0.25, 0.3) is 11.1 Å². The molecule has 1 saturated heterocycles. The van der Waals surface area contributed by atoms with Crippen LogP contribution >= 0.6 is 62.5 Å². The molecule has 0 N–H and O–H groups in total. The van der Waals surface area contributed by atoms with Gasteiger partial charge in [-0.2, -0.15) is 0 Å². The van der Waals surface area contributed by atoms with Gasteiger partial charge in [0.2, 0.25) is 0 Å². The fourth-order valence-corrected chi connectivity index (χ4v) is 5.16. The first-order chi connectivity index (χ1) is 16.3. The molecule has 1 aliphatic rings. The summed E-state index contributed by atoms with van der Waals surface area (Å²) in [5.41, 5.74) is 1.83. The molecule has 1 heterocycles. The molecule has 1 aliphatic heterocycles. The van der Waals surface area contributed by atoms with Gasteiger partial charge in [0.05, 0.1) is 37.2 Å². The van der Waals surface area contributed by atoms with Crippen LogP contribution in [0, 0.1) is 0 Å². The maximum absolute atomic E-state index is 13.0. The number of imide groups is 1. The highest BCUT2D eigenvalue weighted by molar-refractivity contribution is 9.10. The van der Waals surface area contributed by atoms with E-state index in [0.717, 1.165) is 22.2 Å². The molecule has 2 amide bonds. The number of methoxy groups -OCH3 is 1. The number of amides is 2. The molecule has 5 nitrogen and oxygen atoms in total. The van der Waals surface area contributed by atoms with Gasteiger partial charge in [-0.1, -0.05) is 53.0 Å².